The number of hydrogen-bond donors (Lipinski definition) is 1. The molecule has 3 rings (SSSR count). The molecule has 0 fully saturated rings. The van der Waals surface area contributed by atoms with Crippen molar-refractivity contribution < 1.29 is 9.84 Å². The average Bonchev–Trinajstić information content (AvgIpc) is 3.00. The zero-order valence-electron chi connectivity index (χ0n) is 16.8. The Bertz CT molecular complexity index is 897. The molecular weight excluding hydrogens is 336 g/mol. The fourth-order valence-electron chi connectivity index (χ4n) is 3.45. The van der Waals surface area contributed by atoms with Gasteiger partial charge in [0.05, 0.1) is 17.6 Å². The number of aliphatic hydroxyl groups is 1. The number of aromatic nitrogens is 2. The van der Waals surface area contributed by atoms with Crippen molar-refractivity contribution in [2.24, 2.45) is 0 Å². The van der Waals surface area contributed by atoms with E-state index >= 15 is 0 Å². The molecule has 0 aliphatic heterocycles. The first-order valence-corrected chi connectivity index (χ1v) is 9.84. The number of rotatable bonds is 8. The van der Waals surface area contributed by atoms with Gasteiger partial charge in [-0.15, -0.1) is 0 Å². The van der Waals surface area contributed by atoms with E-state index in [0.717, 1.165) is 42.0 Å². The molecule has 27 heavy (non-hydrogen) atoms. The van der Waals surface area contributed by atoms with Gasteiger partial charge in [0.1, 0.15) is 17.7 Å². The Balaban J connectivity index is 1.61. The van der Waals surface area contributed by atoms with E-state index < -0.39 is 6.10 Å². The van der Waals surface area contributed by atoms with E-state index in [9.17, 15) is 5.11 Å². The molecule has 0 amide bonds. The first-order valence-electron chi connectivity index (χ1n) is 9.84. The molecule has 1 aromatic heterocycles. The maximum atomic E-state index is 10.1. The highest BCUT2D eigenvalue weighted by Gasteiger charge is 2.14. The Morgan fingerprint density at radius 2 is 1.85 bits per heavy atom. The molecular formula is C23H30N2O2. The fraction of sp³-hybridized carbons (Fsp3) is 0.435. The van der Waals surface area contributed by atoms with Gasteiger partial charge in [-0.05, 0) is 61.9 Å². The van der Waals surface area contributed by atoms with Gasteiger partial charge in [0, 0.05) is 6.54 Å². The van der Waals surface area contributed by atoms with Crippen LogP contribution in [0.1, 0.15) is 62.6 Å². The van der Waals surface area contributed by atoms with Crippen LogP contribution >= 0.6 is 0 Å². The summed E-state index contributed by atoms with van der Waals surface area (Å²) in [5, 5.41) is 10.1. The topological polar surface area (TPSA) is 47.3 Å². The van der Waals surface area contributed by atoms with Crippen molar-refractivity contribution in [1.29, 1.82) is 0 Å². The summed E-state index contributed by atoms with van der Waals surface area (Å²) in [6.07, 6.45) is 1.36. The summed E-state index contributed by atoms with van der Waals surface area (Å²) in [6, 6.07) is 14.5. The number of imidazole rings is 1. The summed E-state index contributed by atoms with van der Waals surface area (Å²) in [5.74, 6) is 2.19. The van der Waals surface area contributed by atoms with Crippen LogP contribution in [-0.4, -0.2) is 21.3 Å². The molecule has 2 aromatic carbocycles. The second-order valence-corrected chi connectivity index (χ2v) is 7.54. The summed E-state index contributed by atoms with van der Waals surface area (Å²) in [5.41, 5.74) is 4.50. The third-order valence-corrected chi connectivity index (χ3v) is 4.88. The lowest BCUT2D eigenvalue weighted by molar-refractivity contribution is 0.184. The van der Waals surface area contributed by atoms with Gasteiger partial charge in [-0.2, -0.15) is 0 Å². The molecule has 0 aliphatic rings. The summed E-state index contributed by atoms with van der Waals surface area (Å²) in [4.78, 5) is 4.58. The van der Waals surface area contributed by atoms with Crippen molar-refractivity contribution in [3.05, 3.63) is 59.4 Å². The Kier molecular flexibility index (Phi) is 6.17. The lowest BCUT2D eigenvalue weighted by Crippen LogP contribution is -2.08. The van der Waals surface area contributed by atoms with Crippen LogP contribution in [0.4, 0.5) is 0 Å². The monoisotopic (exact) mass is 366 g/mol. The molecule has 3 aromatic rings. The van der Waals surface area contributed by atoms with Gasteiger partial charge in [-0.1, -0.05) is 38.1 Å². The van der Waals surface area contributed by atoms with Crippen molar-refractivity contribution in [2.75, 3.05) is 6.61 Å². The largest absolute Gasteiger partial charge is 0.493 e. The third kappa shape index (κ3) is 4.51. The van der Waals surface area contributed by atoms with E-state index in [2.05, 4.69) is 54.6 Å². The molecule has 0 aliphatic carbocycles. The van der Waals surface area contributed by atoms with Crippen LogP contribution in [0.5, 0.6) is 5.75 Å². The van der Waals surface area contributed by atoms with E-state index in [1.807, 2.05) is 18.2 Å². The van der Waals surface area contributed by atoms with Gasteiger partial charge < -0.3 is 14.4 Å². The number of nitrogens with zero attached hydrogens (tertiary/aromatic N) is 2. The standard InChI is InChI=1S/C23H30N2O2/c1-16(2)19-12-11-17(3)15-22(19)27-14-8-7-13-25-21-10-6-5-9-20(21)24-23(25)18(4)26/h5-6,9-12,15-16,18,26H,7-8,13-14H2,1-4H3/t18-/m1/s1. The molecule has 144 valence electrons. The summed E-state index contributed by atoms with van der Waals surface area (Å²) in [6.45, 7) is 9.78. The van der Waals surface area contributed by atoms with Crippen molar-refractivity contribution in [1.82, 2.24) is 9.55 Å². The van der Waals surface area contributed by atoms with Crippen molar-refractivity contribution in [2.45, 2.75) is 59.1 Å². The van der Waals surface area contributed by atoms with E-state index in [4.69, 9.17) is 4.74 Å². The van der Waals surface area contributed by atoms with Crippen LogP contribution in [0, 0.1) is 6.92 Å². The maximum absolute atomic E-state index is 10.1. The number of fused-ring (bicyclic) bond motifs is 1. The number of para-hydroxylation sites is 2. The summed E-state index contributed by atoms with van der Waals surface area (Å²) in [7, 11) is 0. The molecule has 0 bridgehead atoms. The molecule has 1 N–H and O–H groups in total. The van der Waals surface area contributed by atoms with Crippen LogP contribution < -0.4 is 4.74 Å². The molecule has 4 heteroatoms. The lowest BCUT2D eigenvalue weighted by atomic mass is 10.0. The molecule has 0 radical (unpaired) electrons. The van der Waals surface area contributed by atoms with Crippen LogP contribution in [0.3, 0.4) is 0 Å². The van der Waals surface area contributed by atoms with Crippen LogP contribution in [0.2, 0.25) is 0 Å². The third-order valence-electron chi connectivity index (χ3n) is 4.88. The molecule has 1 heterocycles. The second kappa shape index (κ2) is 8.57. The normalized spacial score (nSPS) is 12.7. The molecule has 0 saturated carbocycles. The minimum Gasteiger partial charge on any atom is -0.493 e. The van der Waals surface area contributed by atoms with E-state index in [-0.39, 0.29) is 0 Å². The van der Waals surface area contributed by atoms with Gasteiger partial charge >= 0.3 is 0 Å². The van der Waals surface area contributed by atoms with Crippen molar-refractivity contribution in [3.63, 3.8) is 0 Å². The second-order valence-electron chi connectivity index (χ2n) is 7.54. The molecule has 1 atom stereocenters. The van der Waals surface area contributed by atoms with E-state index in [1.54, 1.807) is 6.92 Å². The predicted molar refractivity (Wildman–Crippen MR) is 110 cm³/mol. The Hall–Kier alpha value is -2.33. The molecule has 4 nitrogen and oxygen atoms in total. The maximum Gasteiger partial charge on any atom is 0.138 e. The predicted octanol–water partition coefficient (Wildman–Crippen LogP) is 5.38. The fourth-order valence-corrected chi connectivity index (χ4v) is 3.45. The Labute approximate surface area is 161 Å². The number of ether oxygens (including phenoxy) is 1. The smallest absolute Gasteiger partial charge is 0.138 e. The quantitative estimate of drug-likeness (QED) is 0.544. The SMILES string of the molecule is Cc1ccc(C(C)C)c(OCCCCn2c([C@@H](C)O)nc3ccccc32)c1. The average molecular weight is 367 g/mol. The highest BCUT2D eigenvalue weighted by atomic mass is 16.5. The van der Waals surface area contributed by atoms with Gasteiger partial charge in [0.15, 0.2) is 0 Å². The summed E-state index contributed by atoms with van der Waals surface area (Å²) >= 11 is 0. The number of aryl methyl sites for hydroxylation is 2. The van der Waals surface area contributed by atoms with Gasteiger partial charge in [-0.3, -0.25) is 0 Å². The zero-order valence-corrected chi connectivity index (χ0v) is 16.8. The van der Waals surface area contributed by atoms with Gasteiger partial charge in [0.25, 0.3) is 0 Å². The highest BCUT2D eigenvalue weighted by Crippen LogP contribution is 2.28. The number of unbranched alkanes of at least 4 members (excludes halogenated alkanes) is 1. The van der Waals surface area contributed by atoms with Gasteiger partial charge in [0.2, 0.25) is 0 Å². The van der Waals surface area contributed by atoms with Crippen LogP contribution in [-0.2, 0) is 6.54 Å². The first kappa shape index (κ1) is 19.4. The van der Waals surface area contributed by atoms with Crippen LogP contribution in [0.15, 0.2) is 42.5 Å². The Morgan fingerprint density at radius 1 is 1.07 bits per heavy atom. The Morgan fingerprint density at radius 3 is 2.59 bits per heavy atom. The lowest BCUT2D eigenvalue weighted by Gasteiger charge is -2.15. The van der Waals surface area contributed by atoms with Crippen molar-refractivity contribution in [3.8, 4) is 5.75 Å². The van der Waals surface area contributed by atoms with E-state index in [0.29, 0.717) is 12.5 Å². The highest BCUT2D eigenvalue weighted by molar-refractivity contribution is 5.75. The number of aliphatic hydroxyl groups excluding tert-OH is 1. The molecule has 0 spiro atoms. The minimum absolute atomic E-state index is 0.450. The minimum atomic E-state index is -0.574. The van der Waals surface area contributed by atoms with Crippen molar-refractivity contribution >= 4 is 11.0 Å². The van der Waals surface area contributed by atoms with Crippen LogP contribution in [0.25, 0.3) is 11.0 Å². The van der Waals surface area contributed by atoms with Gasteiger partial charge in [-0.25, -0.2) is 4.98 Å². The summed E-state index contributed by atoms with van der Waals surface area (Å²) < 4.78 is 8.22. The molecule has 0 saturated heterocycles. The number of benzene rings is 2. The molecule has 0 unspecified atom stereocenters. The van der Waals surface area contributed by atoms with E-state index in [1.165, 1.54) is 11.1 Å². The zero-order chi connectivity index (χ0) is 19.4. The number of hydrogen-bond acceptors (Lipinski definition) is 3. The first-order chi connectivity index (χ1) is 13.0.